The zero-order valence-corrected chi connectivity index (χ0v) is 12.2. The zero-order valence-electron chi connectivity index (χ0n) is 11.3. The van der Waals surface area contributed by atoms with Crippen LogP contribution in [0.5, 0.6) is 5.75 Å². The molecule has 0 unspecified atom stereocenters. The number of carbonyl (C=O) groups is 1. The first-order valence-corrected chi connectivity index (χ1v) is 6.82. The smallest absolute Gasteiger partial charge is 0.237 e. The highest BCUT2D eigenvalue weighted by Crippen LogP contribution is 2.32. The molecule has 0 bridgehead atoms. The summed E-state index contributed by atoms with van der Waals surface area (Å²) in [5, 5.41) is 2.87. The van der Waals surface area contributed by atoms with Gasteiger partial charge in [0.15, 0.2) is 0 Å². The molecule has 1 heterocycles. The first-order valence-electron chi connectivity index (χ1n) is 6.42. The van der Waals surface area contributed by atoms with Gasteiger partial charge in [0, 0.05) is 18.9 Å². The minimum absolute atomic E-state index is 0.168. The molecule has 0 radical (unpaired) electrons. The number of hydrogen-bond acceptors (Lipinski definition) is 4. The van der Waals surface area contributed by atoms with Crippen LogP contribution in [0.4, 0.5) is 5.69 Å². The highest BCUT2D eigenvalue weighted by molar-refractivity contribution is 7.80. The van der Waals surface area contributed by atoms with E-state index in [-0.39, 0.29) is 10.9 Å². The largest absolute Gasteiger partial charge is 0.497 e. The summed E-state index contributed by atoms with van der Waals surface area (Å²) in [6, 6.07) is 7.13. The van der Waals surface area contributed by atoms with Gasteiger partial charge in [-0.3, -0.25) is 4.79 Å². The Labute approximate surface area is 123 Å². The minimum Gasteiger partial charge on any atom is -0.497 e. The second-order valence-corrected chi connectivity index (χ2v) is 5.18. The number of anilines is 1. The number of rotatable bonds is 4. The summed E-state index contributed by atoms with van der Waals surface area (Å²) in [7, 11) is 1.59. The number of methoxy groups -OCH3 is 1. The number of nitrogens with two attached hydrogens (primary N) is 1. The van der Waals surface area contributed by atoms with Gasteiger partial charge in [-0.15, -0.1) is 0 Å². The van der Waals surface area contributed by atoms with Crippen molar-refractivity contribution in [3.63, 3.8) is 0 Å². The standard InChI is InChI=1S/C14H18N2O3S/c1-18-11-4-2-10(3-5-11)16-13(17)14(12(15)20)6-8-19-9-7-14/h2-5H,6-9H2,1H3,(H2,15,20)(H,16,17). The topological polar surface area (TPSA) is 73.6 Å². The molecule has 20 heavy (non-hydrogen) atoms. The van der Waals surface area contributed by atoms with Gasteiger partial charge in [0.05, 0.1) is 12.1 Å². The van der Waals surface area contributed by atoms with E-state index in [1.165, 1.54) is 0 Å². The minimum atomic E-state index is -0.812. The molecule has 108 valence electrons. The highest BCUT2D eigenvalue weighted by atomic mass is 32.1. The van der Waals surface area contributed by atoms with Crippen LogP contribution in [-0.4, -0.2) is 31.2 Å². The van der Waals surface area contributed by atoms with E-state index in [1.54, 1.807) is 31.4 Å². The Kier molecular flexibility index (Phi) is 4.57. The van der Waals surface area contributed by atoms with E-state index < -0.39 is 5.41 Å². The van der Waals surface area contributed by atoms with Crippen LogP contribution in [0.25, 0.3) is 0 Å². The lowest BCUT2D eigenvalue weighted by atomic mass is 9.79. The molecule has 0 aromatic heterocycles. The molecular weight excluding hydrogens is 276 g/mol. The molecule has 1 aliphatic rings. The van der Waals surface area contributed by atoms with Crippen molar-refractivity contribution in [2.75, 3.05) is 25.6 Å². The quantitative estimate of drug-likeness (QED) is 0.827. The molecule has 0 aliphatic carbocycles. The average molecular weight is 294 g/mol. The third-order valence-corrected chi connectivity index (χ3v) is 3.99. The fourth-order valence-corrected chi connectivity index (χ4v) is 2.53. The second kappa shape index (κ2) is 6.19. The molecule has 0 spiro atoms. The number of nitrogens with one attached hydrogen (secondary N) is 1. The Balaban J connectivity index is 2.13. The van der Waals surface area contributed by atoms with Crippen molar-refractivity contribution in [2.24, 2.45) is 11.1 Å². The number of amides is 1. The maximum absolute atomic E-state index is 12.5. The van der Waals surface area contributed by atoms with Gasteiger partial charge in [-0.05, 0) is 37.1 Å². The molecule has 1 aromatic rings. The van der Waals surface area contributed by atoms with Gasteiger partial charge < -0.3 is 20.5 Å². The second-order valence-electron chi connectivity index (χ2n) is 4.74. The fourth-order valence-electron chi connectivity index (χ4n) is 2.23. The van der Waals surface area contributed by atoms with Crippen LogP contribution >= 0.6 is 12.2 Å². The molecule has 0 atom stereocenters. The van der Waals surface area contributed by atoms with Crippen molar-refractivity contribution in [1.29, 1.82) is 0 Å². The normalized spacial score (nSPS) is 17.2. The van der Waals surface area contributed by atoms with E-state index in [0.29, 0.717) is 31.7 Å². The van der Waals surface area contributed by atoms with Crippen molar-refractivity contribution < 1.29 is 14.3 Å². The fraction of sp³-hybridized carbons (Fsp3) is 0.429. The maximum atomic E-state index is 12.5. The number of carbonyl (C=O) groups excluding carboxylic acids is 1. The summed E-state index contributed by atoms with van der Waals surface area (Å²) in [6.07, 6.45) is 1.04. The number of benzene rings is 1. The highest BCUT2D eigenvalue weighted by Gasteiger charge is 2.43. The summed E-state index contributed by atoms with van der Waals surface area (Å²) >= 11 is 5.10. The van der Waals surface area contributed by atoms with Crippen molar-refractivity contribution in [2.45, 2.75) is 12.8 Å². The molecule has 1 aliphatic heterocycles. The van der Waals surface area contributed by atoms with Crippen LogP contribution in [0, 0.1) is 5.41 Å². The van der Waals surface area contributed by atoms with E-state index >= 15 is 0 Å². The zero-order chi connectivity index (χ0) is 14.6. The van der Waals surface area contributed by atoms with Gasteiger partial charge in [0.2, 0.25) is 5.91 Å². The van der Waals surface area contributed by atoms with Crippen LogP contribution in [0.3, 0.4) is 0 Å². The molecule has 1 amide bonds. The number of thiocarbonyl (C=S) groups is 1. The molecule has 2 rings (SSSR count). The van der Waals surface area contributed by atoms with Crippen LogP contribution in [0.15, 0.2) is 24.3 Å². The van der Waals surface area contributed by atoms with E-state index in [1.807, 2.05) is 0 Å². The first kappa shape index (κ1) is 14.7. The Morgan fingerprint density at radius 2 is 1.95 bits per heavy atom. The third-order valence-electron chi connectivity index (χ3n) is 3.60. The maximum Gasteiger partial charge on any atom is 0.237 e. The van der Waals surface area contributed by atoms with Crippen molar-refractivity contribution in [1.82, 2.24) is 0 Å². The Hall–Kier alpha value is -1.66. The predicted molar refractivity (Wildman–Crippen MR) is 80.9 cm³/mol. The van der Waals surface area contributed by atoms with Crippen molar-refractivity contribution >= 4 is 28.8 Å². The summed E-state index contributed by atoms with van der Waals surface area (Å²) in [6.45, 7) is 0.987. The predicted octanol–water partition coefficient (Wildman–Crippen LogP) is 1.72. The van der Waals surface area contributed by atoms with Gasteiger partial charge in [-0.2, -0.15) is 0 Å². The molecule has 3 N–H and O–H groups in total. The molecule has 1 saturated heterocycles. The molecule has 0 saturated carbocycles. The molecule has 1 aromatic carbocycles. The summed E-state index contributed by atoms with van der Waals surface area (Å²) in [4.78, 5) is 12.7. The SMILES string of the molecule is COc1ccc(NC(=O)C2(C(N)=S)CCOCC2)cc1. The van der Waals surface area contributed by atoms with Crippen LogP contribution < -0.4 is 15.8 Å². The Bertz CT molecular complexity index is 496. The van der Waals surface area contributed by atoms with Crippen LogP contribution in [-0.2, 0) is 9.53 Å². The van der Waals surface area contributed by atoms with Gasteiger partial charge in [-0.1, -0.05) is 12.2 Å². The lowest BCUT2D eigenvalue weighted by molar-refractivity contribution is -0.126. The van der Waals surface area contributed by atoms with Gasteiger partial charge in [0.1, 0.15) is 11.2 Å². The van der Waals surface area contributed by atoms with Crippen molar-refractivity contribution in [3.8, 4) is 5.75 Å². The number of ether oxygens (including phenoxy) is 2. The molecular formula is C14H18N2O3S. The van der Waals surface area contributed by atoms with Crippen LogP contribution in [0.2, 0.25) is 0 Å². The summed E-state index contributed by atoms with van der Waals surface area (Å²) < 4.78 is 10.4. The summed E-state index contributed by atoms with van der Waals surface area (Å²) in [5.74, 6) is 0.566. The van der Waals surface area contributed by atoms with Gasteiger partial charge in [0.25, 0.3) is 0 Å². The molecule has 1 fully saturated rings. The van der Waals surface area contributed by atoms with E-state index in [9.17, 15) is 4.79 Å². The van der Waals surface area contributed by atoms with E-state index in [0.717, 1.165) is 5.75 Å². The molecule has 5 nitrogen and oxygen atoms in total. The lowest BCUT2D eigenvalue weighted by Crippen LogP contribution is -2.49. The Morgan fingerprint density at radius 3 is 2.45 bits per heavy atom. The monoisotopic (exact) mass is 294 g/mol. The third kappa shape index (κ3) is 2.91. The van der Waals surface area contributed by atoms with E-state index in [2.05, 4.69) is 5.32 Å². The van der Waals surface area contributed by atoms with Crippen LogP contribution in [0.1, 0.15) is 12.8 Å². The Morgan fingerprint density at radius 1 is 1.35 bits per heavy atom. The van der Waals surface area contributed by atoms with Gasteiger partial charge >= 0.3 is 0 Å². The lowest BCUT2D eigenvalue weighted by Gasteiger charge is -2.34. The van der Waals surface area contributed by atoms with E-state index in [4.69, 9.17) is 27.4 Å². The number of hydrogen-bond donors (Lipinski definition) is 2. The van der Waals surface area contributed by atoms with Crippen molar-refractivity contribution in [3.05, 3.63) is 24.3 Å². The molecule has 6 heteroatoms. The average Bonchev–Trinajstić information content (AvgIpc) is 2.48. The van der Waals surface area contributed by atoms with Gasteiger partial charge in [-0.25, -0.2) is 0 Å². The first-order chi connectivity index (χ1) is 9.58. The summed E-state index contributed by atoms with van der Waals surface area (Å²) in [5.41, 5.74) is 5.68.